The highest BCUT2D eigenvalue weighted by Gasteiger charge is 2.33. The number of benzene rings is 2. The normalized spacial score (nSPS) is 12.2. The van der Waals surface area contributed by atoms with E-state index < -0.39 is 28.5 Å². The van der Waals surface area contributed by atoms with Gasteiger partial charge in [0, 0.05) is 28.7 Å². The number of sulfonamides is 1. The molecule has 7 nitrogen and oxygen atoms in total. The van der Waals surface area contributed by atoms with Crippen LogP contribution in [-0.2, 0) is 26.2 Å². The Morgan fingerprint density at radius 1 is 0.972 bits per heavy atom. The summed E-state index contributed by atoms with van der Waals surface area (Å²) >= 11 is 25.1. The number of carbonyl (C=O) groups is 2. The molecule has 1 atom stereocenters. The number of amides is 2. The van der Waals surface area contributed by atoms with Crippen LogP contribution in [0, 0.1) is 0 Å². The van der Waals surface area contributed by atoms with Crippen molar-refractivity contribution >= 4 is 73.9 Å². The fourth-order valence-electron chi connectivity index (χ4n) is 3.56. The SMILES string of the molecule is CCCCNC(=O)[C@@H](CC)N(Cc1c(Cl)cccc1Cl)C(=O)CN(c1cccc(Cl)c1Cl)S(C)(=O)=O. The molecule has 0 spiro atoms. The second-order valence-electron chi connectivity index (χ2n) is 8.13. The van der Waals surface area contributed by atoms with Crippen LogP contribution in [0.25, 0.3) is 0 Å². The lowest BCUT2D eigenvalue weighted by Gasteiger charge is -2.33. The summed E-state index contributed by atoms with van der Waals surface area (Å²) in [6.45, 7) is 3.51. The summed E-state index contributed by atoms with van der Waals surface area (Å²) in [6, 6.07) is 8.52. The molecule has 198 valence electrons. The van der Waals surface area contributed by atoms with E-state index in [1.54, 1.807) is 25.1 Å². The van der Waals surface area contributed by atoms with Crippen molar-refractivity contribution in [3.63, 3.8) is 0 Å². The lowest BCUT2D eigenvalue weighted by molar-refractivity contribution is -0.140. The number of hydrogen-bond donors (Lipinski definition) is 1. The summed E-state index contributed by atoms with van der Waals surface area (Å²) in [4.78, 5) is 28.1. The summed E-state index contributed by atoms with van der Waals surface area (Å²) in [7, 11) is -3.96. The Morgan fingerprint density at radius 2 is 1.56 bits per heavy atom. The van der Waals surface area contributed by atoms with Crippen LogP contribution in [0.5, 0.6) is 0 Å². The second-order valence-corrected chi connectivity index (χ2v) is 11.6. The fraction of sp³-hybridized carbons (Fsp3) is 0.417. The molecule has 0 radical (unpaired) electrons. The van der Waals surface area contributed by atoms with E-state index in [0.717, 1.165) is 23.4 Å². The third-order valence-electron chi connectivity index (χ3n) is 5.48. The molecular formula is C24H29Cl4N3O4S. The summed E-state index contributed by atoms with van der Waals surface area (Å²) in [6.07, 6.45) is 2.91. The van der Waals surface area contributed by atoms with E-state index in [0.29, 0.717) is 22.2 Å². The van der Waals surface area contributed by atoms with Gasteiger partial charge >= 0.3 is 0 Å². The van der Waals surface area contributed by atoms with Crippen molar-refractivity contribution in [3.05, 3.63) is 62.1 Å². The molecule has 0 saturated heterocycles. The predicted molar refractivity (Wildman–Crippen MR) is 148 cm³/mol. The molecule has 2 aromatic rings. The molecular weight excluding hydrogens is 568 g/mol. The number of nitrogens with zero attached hydrogens (tertiary/aromatic N) is 2. The van der Waals surface area contributed by atoms with Gasteiger partial charge in [-0.2, -0.15) is 0 Å². The van der Waals surface area contributed by atoms with E-state index >= 15 is 0 Å². The number of nitrogens with one attached hydrogen (secondary N) is 1. The number of rotatable bonds is 12. The zero-order valence-corrected chi connectivity index (χ0v) is 24.1. The van der Waals surface area contributed by atoms with Crippen molar-refractivity contribution in [3.8, 4) is 0 Å². The Bertz CT molecular complexity index is 1170. The van der Waals surface area contributed by atoms with E-state index in [4.69, 9.17) is 46.4 Å². The first kappa shape index (κ1) is 30.5. The predicted octanol–water partition coefficient (Wildman–Crippen LogP) is 5.79. The van der Waals surface area contributed by atoms with Gasteiger partial charge in [0.25, 0.3) is 0 Å². The van der Waals surface area contributed by atoms with Gasteiger partial charge in [-0.15, -0.1) is 0 Å². The van der Waals surface area contributed by atoms with Crippen molar-refractivity contribution in [2.45, 2.75) is 45.7 Å². The zero-order chi connectivity index (χ0) is 27.0. The topological polar surface area (TPSA) is 86.8 Å². The third kappa shape index (κ3) is 7.89. The van der Waals surface area contributed by atoms with Gasteiger partial charge < -0.3 is 10.2 Å². The summed E-state index contributed by atoms with van der Waals surface area (Å²) in [5.74, 6) is -0.987. The minimum atomic E-state index is -3.96. The van der Waals surface area contributed by atoms with Gasteiger partial charge in [0.15, 0.2) is 0 Å². The molecule has 12 heteroatoms. The quantitative estimate of drug-likeness (QED) is 0.314. The number of unbranched alkanes of at least 4 members (excludes halogenated alkanes) is 1. The number of hydrogen-bond acceptors (Lipinski definition) is 4. The van der Waals surface area contributed by atoms with Gasteiger partial charge in [-0.05, 0) is 37.1 Å². The lowest BCUT2D eigenvalue weighted by Crippen LogP contribution is -2.52. The number of carbonyl (C=O) groups excluding carboxylic acids is 2. The molecule has 0 saturated carbocycles. The van der Waals surface area contributed by atoms with Crippen LogP contribution in [0.4, 0.5) is 5.69 Å². The molecule has 0 fully saturated rings. The van der Waals surface area contributed by atoms with Crippen molar-refractivity contribution in [1.82, 2.24) is 10.2 Å². The highest BCUT2D eigenvalue weighted by Crippen LogP contribution is 2.34. The van der Waals surface area contributed by atoms with E-state index in [9.17, 15) is 18.0 Å². The minimum Gasteiger partial charge on any atom is -0.354 e. The van der Waals surface area contributed by atoms with Crippen LogP contribution < -0.4 is 9.62 Å². The largest absolute Gasteiger partial charge is 0.354 e. The number of halogens is 4. The molecule has 0 bridgehead atoms. The highest BCUT2D eigenvalue weighted by atomic mass is 35.5. The van der Waals surface area contributed by atoms with Gasteiger partial charge in [-0.25, -0.2) is 8.42 Å². The molecule has 0 unspecified atom stereocenters. The van der Waals surface area contributed by atoms with Gasteiger partial charge in [-0.1, -0.05) is 78.8 Å². The van der Waals surface area contributed by atoms with Gasteiger partial charge in [-0.3, -0.25) is 13.9 Å². The van der Waals surface area contributed by atoms with Crippen molar-refractivity contribution in [2.75, 3.05) is 23.7 Å². The Labute approximate surface area is 232 Å². The molecule has 2 amide bonds. The molecule has 2 rings (SSSR count). The van der Waals surface area contributed by atoms with Crippen LogP contribution >= 0.6 is 46.4 Å². The third-order valence-corrected chi connectivity index (χ3v) is 8.13. The minimum absolute atomic E-state index is 0.0116. The van der Waals surface area contributed by atoms with Crippen LogP contribution in [0.2, 0.25) is 20.1 Å². The molecule has 2 aromatic carbocycles. The Kier molecular flexibility index (Phi) is 11.6. The smallest absolute Gasteiger partial charge is 0.244 e. The Balaban J connectivity index is 2.51. The fourth-order valence-corrected chi connectivity index (χ4v) is 5.38. The first-order valence-electron chi connectivity index (χ1n) is 11.3. The van der Waals surface area contributed by atoms with Crippen molar-refractivity contribution < 1.29 is 18.0 Å². The standard InChI is InChI=1S/C24H29Cl4N3O4S/c1-4-6-13-29-24(33)20(5-2)30(14-16-17(25)9-7-10-18(16)26)22(32)15-31(36(3,34)35)21-12-8-11-19(27)23(21)28/h7-12,20H,4-6,13-15H2,1-3H3,(H,29,33)/t20-/m1/s1. The molecule has 0 heterocycles. The van der Waals surface area contributed by atoms with Crippen LogP contribution in [-0.4, -0.2) is 50.5 Å². The molecule has 36 heavy (non-hydrogen) atoms. The van der Waals surface area contributed by atoms with Crippen molar-refractivity contribution in [2.24, 2.45) is 0 Å². The summed E-state index contributed by atoms with van der Waals surface area (Å²) < 4.78 is 26.3. The zero-order valence-electron chi connectivity index (χ0n) is 20.2. The Hall–Kier alpha value is -1.71. The van der Waals surface area contributed by atoms with Gasteiger partial charge in [0.05, 0.1) is 22.0 Å². The van der Waals surface area contributed by atoms with E-state index in [-0.39, 0.29) is 34.6 Å². The average Bonchev–Trinajstić information content (AvgIpc) is 2.80. The van der Waals surface area contributed by atoms with E-state index in [1.165, 1.54) is 23.1 Å². The molecule has 0 aliphatic carbocycles. The van der Waals surface area contributed by atoms with Crippen molar-refractivity contribution in [1.29, 1.82) is 0 Å². The maximum atomic E-state index is 13.7. The Morgan fingerprint density at radius 3 is 2.11 bits per heavy atom. The van der Waals surface area contributed by atoms with Crippen LogP contribution in [0.3, 0.4) is 0 Å². The maximum absolute atomic E-state index is 13.7. The molecule has 0 aliphatic heterocycles. The molecule has 1 N–H and O–H groups in total. The maximum Gasteiger partial charge on any atom is 0.244 e. The molecule has 0 aliphatic rings. The average molecular weight is 597 g/mol. The van der Waals surface area contributed by atoms with E-state index in [2.05, 4.69) is 5.32 Å². The van der Waals surface area contributed by atoms with Crippen LogP contribution in [0.15, 0.2) is 36.4 Å². The highest BCUT2D eigenvalue weighted by molar-refractivity contribution is 7.92. The summed E-state index contributed by atoms with van der Waals surface area (Å²) in [5, 5.41) is 3.61. The second kappa shape index (κ2) is 13.7. The van der Waals surface area contributed by atoms with E-state index in [1.807, 2.05) is 6.92 Å². The lowest BCUT2D eigenvalue weighted by atomic mass is 10.1. The van der Waals surface area contributed by atoms with Crippen LogP contribution in [0.1, 0.15) is 38.7 Å². The first-order valence-corrected chi connectivity index (χ1v) is 14.7. The van der Waals surface area contributed by atoms with Gasteiger partial charge in [0.2, 0.25) is 21.8 Å². The molecule has 0 aromatic heterocycles. The monoisotopic (exact) mass is 595 g/mol. The summed E-state index contributed by atoms with van der Waals surface area (Å²) in [5.41, 5.74) is 0.497. The first-order chi connectivity index (χ1) is 16.9. The number of anilines is 1. The van der Waals surface area contributed by atoms with Gasteiger partial charge in [0.1, 0.15) is 12.6 Å².